The minimum Gasteiger partial charge on any atom is -0.462 e. The summed E-state index contributed by atoms with van der Waals surface area (Å²) in [4.78, 5) is 26.0. The third kappa shape index (κ3) is 4.10. The Balaban J connectivity index is 1.72. The van der Waals surface area contributed by atoms with Crippen LogP contribution in [0, 0.1) is 6.92 Å². The van der Waals surface area contributed by atoms with Gasteiger partial charge in [-0.15, -0.1) is 11.3 Å². The number of hydrogen-bond acceptors (Lipinski definition) is 5. The number of nitrogens with zero attached hydrogens (tertiary/aromatic N) is 2. The van der Waals surface area contributed by atoms with Crippen molar-refractivity contribution in [3.05, 3.63) is 32.9 Å². The number of thiophene rings is 1. The van der Waals surface area contributed by atoms with Gasteiger partial charge in [-0.2, -0.15) is 5.10 Å². The zero-order valence-electron chi connectivity index (χ0n) is 14.9. The molecule has 6 nitrogen and oxygen atoms in total. The molecule has 8 heteroatoms. The number of carbonyl (C=O) groups is 2. The van der Waals surface area contributed by atoms with Gasteiger partial charge in [0.15, 0.2) is 0 Å². The molecule has 1 aliphatic carbocycles. The highest BCUT2D eigenvalue weighted by Crippen LogP contribution is 2.38. The second kappa shape index (κ2) is 8.22. The summed E-state index contributed by atoms with van der Waals surface area (Å²) in [5, 5.41) is 8.34. The first-order valence-corrected chi connectivity index (χ1v) is 10.00. The summed E-state index contributed by atoms with van der Waals surface area (Å²) in [6.45, 7) is 4.35. The van der Waals surface area contributed by atoms with Crippen molar-refractivity contribution in [3.63, 3.8) is 0 Å². The minimum atomic E-state index is -0.350. The van der Waals surface area contributed by atoms with Crippen molar-refractivity contribution in [2.45, 2.75) is 52.5 Å². The summed E-state index contributed by atoms with van der Waals surface area (Å²) in [6, 6.07) is 0. The van der Waals surface area contributed by atoms with Gasteiger partial charge < -0.3 is 10.1 Å². The lowest BCUT2D eigenvalue weighted by molar-refractivity contribution is -0.116. The normalized spacial score (nSPS) is 13.3. The van der Waals surface area contributed by atoms with Crippen LogP contribution < -0.4 is 5.32 Å². The SMILES string of the molecule is CCOC(=O)c1c(NC(=O)CCn2cc(Cl)c(C)n2)sc2c1CCCC2. The van der Waals surface area contributed by atoms with E-state index in [9.17, 15) is 9.59 Å². The maximum atomic E-state index is 12.4. The molecular formula is C18H22ClN3O3S. The summed E-state index contributed by atoms with van der Waals surface area (Å²) in [7, 11) is 0. The van der Waals surface area contributed by atoms with Gasteiger partial charge in [-0.05, 0) is 45.1 Å². The maximum Gasteiger partial charge on any atom is 0.341 e. The summed E-state index contributed by atoms with van der Waals surface area (Å²) in [6.07, 6.45) is 5.94. The van der Waals surface area contributed by atoms with Crippen LogP contribution in [-0.4, -0.2) is 28.3 Å². The molecule has 0 aromatic carbocycles. The zero-order valence-corrected chi connectivity index (χ0v) is 16.5. The van der Waals surface area contributed by atoms with Crippen molar-refractivity contribution in [1.29, 1.82) is 0 Å². The monoisotopic (exact) mass is 395 g/mol. The number of aromatic nitrogens is 2. The van der Waals surface area contributed by atoms with Crippen LogP contribution >= 0.6 is 22.9 Å². The van der Waals surface area contributed by atoms with E-state index in [4.69, 9.17) is 16.3 Å². The van der Waals surface area contributed by atoms with Crippen molar-refractivity contribution in [2.24, 2.45) is 0 Å². The average molecular weight is 396 g/mol. The molecule has 0 bridgehead atoms. The molecule has 0 fully saturated rings. The number of hydrogen-bond donors (Lipinski definition) is 1. The van der Waals surface area contributed by atoms with E-state index < -0.39 is 0 Å². The molecule has 0 atom stereocenters. The average Bonchev–Trinajstić information content (AvgIpc) is 3.12. The largest absolute Gasteiger partial charge is 0.462 e. The Kier molecular flexibility index (Phi) is 5.98. The Labute approximate surface area is 161 Å². The van der Waals surface area contributed by atoms with Gasteiger partial charge in [-0.1, -0.05) is 11.6 Å². The van der Waals surface area contributed by atoms with Gasteiger partial charge in [0, 0.05) is 24.0 Å². The van der Waals surface area contributed by atoms with Gasteiger partial charge in [0.1, 0.15) is 5.00 Å². The predicted octanol–water partition coefficient (Wildman–Crippen LogP) is 3.99. The van der Waals surface area contributed by atoms with Crippen molar-refractivity contribution in [2.75, 3.05) is 11.9 Å². The molecule has 1 aliphatic rings. The van der Waals surface area contributed by atoms with Crippen LogP contribution in [0.3, 0.4) is 0 Å². The number of fused-ring (bicyclic) bond motifs is 1. The number of nitrogens with one attached hydrogen (secondary N) is 1. The van der Waals surface area contributed by atoms with Crippen molar-refractivity contribution in [3.8, 4) is 0 Å². The van der Waals surface area contributed by atoms with Crippen molar-refractivity contribution in [1.82, 2.24) is 9.78 Å². The Hall–Kier alpha value is -1.86. The topological polar surface area (TPSA) is 73.2 Å². The van der Waals surface area contributed by atoms with Crippen LogP contribution in [0.25, 0.3) is 0 Å². The summed E-state index contributed by atoms with van der Waals surface area (Å²) in [5.74, 6) is -0.505. The number of esters is 1. The summed E-state index contributed by atoms with van der Waals surface area (Å²) in [5.41, 5.74) is 2.32. The number of ether oxygens (including phenoxy) is 1. The predicted molar refractivity (Wildman–Crippen MR) is 102 cm³/mol. The third-order valence-corrected chi connectivity index (χ3v) is 5.94. The van der Waals surface area contributed by atoms with Crippen LogP contribution in [0.15, 0.2) is 6.20 Å². The molecule has 0 spiro atoms. The van der Waals surface area contributed by atoms with Crippen LogP contribution in [0.1, 0.15) is 52.7 Å². The highest BCUT2D eigenvalue weighted by Gasteiger charge is 2.27. The van der Waals surface area contributed by atoms with Crippen molar-refractivity contribution >= 4 is 39.8 Å². The fraction of sp³-hybridized carbons (Fsp3) is 0.500. The number of rotatable bonds is 6. The van der Waals surface area contributed by atoms with Crippen LogP contribution in [0.4, 0.5) is 5.00 Å². The maximum absolute atomic E-state index is 12.4. The highest BCUT2D eigenvalue weighted by molar-refractivity contribution is 7.17. The van der Waals surface area contributed by atoms with Gasteiger partial charge in [-0.3, -0.25) is 9.48 Å². The van der Waals surface area contributed by atoms with E-state index >= 15 is 0 Å². The number of amides is 1. The van der Waals surface area contributed by atoms with E-state index in [0.29, 0.717) is 28.7 Å². The first-order valence-electron chi connectivity index (χ1n) is 8.80. The second-order valence-electron chi connectivity index (χ2n) is 6.26. The highest BCUT2D eigenvalue weighted by atomic mass is 35.5. The standard InChI is InChI=1S/C18H22ClN3O3S/c1-3-25-18(24)16-12-6-4-5-7-14(12)26-17(16)20-15(23)8-9-22-10-13(19)11(2)21-22/h10H,3-9H2,1-2H3,(H,20,23). The fourth-order valence-corrected chi connectivity index (χ4v) is 4.53. The molecule has 1 amide bonds. The second-order valence-corrected chi connectivity index (χ2v) is 7.77. The molecule has 2 aromatic rings. The van der Waals surface area contributed by atoms with Crippen LogP contribution in [-0.2, 0) is 28.9 Å². The first kappa shape index (κ1) is 18.9. The molecule has 0 radical (unpaired) electrons. The van der Waals surface area contributed by atoms with Crippen molar-refractivity contribution < 1.29 is 14.3 Å². The molecule has 26 heavy (non-hydrogen) atoms. The van der Waals surface area contributed by atoms with Crippen LogP contribution in [0.5, 0.6) is 0 Å². The minimum absolute atomic E-state index is 0.154. The molecule has 0 unspecified atom stereocenters. The Morgan fingerprint density at radius 3 is 2.85 bits per heavy atom. The van der Waals surface area contributed by atoms with Crippen LogP contribution in [0.2, 0.25) is 5.02 Å². The third-order valence-electron chi connectivity index (χ3n) is 4.36. The molecule has 2 heterocycles. The Morgan fingerprint density at radius 2 is 2.15 bits per heavy atom. The molecule has 2 aromatic heterocycles. The Bertz CT molecular complexity index is 809. The lowest BCUT2D eigenvalue weighted by atomic mass is 9.95. The van der Waals surface area contributed by atoms with E-state index in [1.807, 2.05) is 6.92 Å². The fourth-order valence-electron chi connectivity index (χ4n) is 3.09. The number of anilines is 1. The van der Waals surface area contributed by atoms with Gasteiger partial charge in [0.25, 0.3) is 0 Å². The molecular weight excluding hydrogens is 374 g/mol. The lowest BCUT2D eigenvalue weighted by Gasteiger charge is -2.12. The smallest absolute Gasteiger partial charge is 0.341 e. The Morgan fingerprint density at radius 1 is 1.38 bits per heavy atom. The summed E-state index contributed by atoms with van der Waals surface area (Å²) < 4.78 is 6.86. The molecule has 1 N–H and O–H groups in total. The first-order chi connectivity index (χ1) is 12.5. The van der Waals surface area contributed by atoms with E-state index in [2.05, 4.69) is 10.4 Å². The van der Waals surface area contributed by atoms with Gasteiger partial charge >= 0.3 is 5.97 Å². The number of halogens is 1. The van der Waals surface area contributed by atoms with E-state index in [1.54, 1.807) is 17.8 Å². The lowest BCUT2D eigenvalue weighted by Crippen LogP contribution is -2.17. The van der Waals surface area contributed by atoms with Gasteiger partial charge in [0.05, 0.1) is 22.9 Å². The van der Waals surface area contributed by atoms with E-state index in [-0.39, 0.29) is 18.3 Å². The zero-order chi connectivity index (χ0) is 18.7. The molecule has 3 rings (SSSR count). The van der Waals surface area contributed by atoms with Gasteiger partial charge in [0.2, 0.25) is 5.91 Å². The summed E-state index contributed by atoms with van der Waals surface area (Å²) >= 11 is 7.48. The van der Waals surface area contributed by atoms with E-state index in [0.717, 1.165) is 36.9 Å². The quantitative estimate of drug-likeness (QED) is 0.750. The molecule has 0 saturated carbocycles. The molecule has 140 valence electrons. The van der Waals surface area contributed by atoms with Gasteiger partial charge in [-0.25, -0.2) is 4.79 Å². The van der Waals surface area contributed by atoms with E-state index in [1.165, 1.54) is 16.2 Å². The number of aryl methyl sites for hydroxylation is 3. The molecule has 0 saturated heterocycles. The number of carbonyl (C=O) groups excluding carboxylic acids is 2. The molecule has 0 aliphatic heterocycles.